The van der Waals surface area contributed by atoms with Crippen molar-refractivity contribution in [1.29, 1.82) is 0 Å². The predicted molar refractivity (Wildman–Crippen MR) is 74.0 cm³/mol. The first-order chi connectivity index (χ1) is 8.91. The molecular weight excluding hydrogens is 244 g/mol. The maximum absolute atomic E-state index is 12.0. The largest absolute Gasteiger partial charge is 0.481 e. The second kappa shape index (κ2) is 7.36. The van der Waals surface area contributed by atoms with Crippen LogP contribution in [0.4, 0.5) is 4.79 Å². The number of carboxylic acid groups (broad SMARTS) is 1. The number of carbonyl (C=O) groups excluding carboxylic acids is 1. The number of rotatable bonds is 6. The summed E-state index contributed by atoms with van der Waals surface area (Å²) < 4.78 is 0. The van der Waals surface area contributed by atoms with Crippen molar-refractivity contribution in [3.8, 4) is 0 Å². The molecule has 0 radical (unpaired) electrons. The van der Waals surface area contributed by atoms with Crippen LogP contribution in [0.25, 0.3) is 0 Å². The summed E-state index contributed by atoms with van der Waals surface area (Å²) in [6.07, 6.45) is 4.47. The van der Waals surface area contributed by atoms with Crippen molar-refractivity contribution in [2.45, 2.75) is 65.0 Å². The van der Waals surface area contributed by atoms with Gasteiger partial charge in [-0.2, -0.15) is 0 Å². The third-order valence-corrected chi connectivity index (χ3v) is 3.88. The molecule has 1 fully saturated rings. The van der Waals surface area contributed by atoms with Gasteiger partial charge in [-0.05, 0) is 39.5 Å². The normalized spacial score (nSPS) is 22.1. The summed E-state index contributed by atoms with van der Waals surface area (Å²) in [5, 5.41) is 11.8. The van der Waals surface area contributed by atoms with Gasteiger partial charge in [-0.3, -0.25) is 4.79 Å². The van der Waals surface area contributed by atoms with Crippen molar-refractivity contribution >= 4 is 12.0 Å². The van der Waals surface area contributed by atoms with E-state index >= 15 is 0 Å². The minimum absolute atomic E-state index is 0.0174. The summed E-state index contributed by atoms with van der Waals surface area (Å²) in [5.41, 5.74) is 0. The van der Waals surface area contributed by atoms with E-state index in [4.69, 9.17) is 5.11 Å². The van der Waals surface area contributed by atoms with Crippen molar-refractivity contribution < 1.29 is 14.7 Å². The van der Waals surface area contributed by atoms with E-state index in [0.717, 1.165) is 32.2 Å². The van der Waals surface area contributed by atoms with Crippen molar-refractivity contribution in [1.82, 2.24) is 10.2 Å². The number of urea groups is 1. The van der Waals surface area contributed by atoms with Gasteiger partial charge in [0, 0.05) is 18.6 Å². The number of nitrogens with zero attached hydrogens (tertiary/aromatic N) is 1. The van der Waals surface area contributed by atoms with Gasteiger partial charge in [0.2, 0.25) is 0 Å². The monoisotopic (exact) mass is 270 g/mol. The van der Waals surface area contributed by atoms with E-state index < -0.39 is 5.97 Å². The van der Waals surface area contributed by atoms with Gasteiger partial charge in [-0.1, -0.05) is 13.3 Å². The molecule has 1 saturated heterocycles. The van der Waals surface area contributed by atoms with Crippen molar-refractivity contribution in [3.63, 3.8) is 0 Å². The number of hydrogen-bond acceptors (Lipinski definition) is 2. The second-order valence-corrected chi connectivity index (χ2v) is 5.71. The quantitative estimate of drug-likeness (QED) is 0.779. The summed E-state index contributed by atoms with van der Waals surface area (Å²) in [6, 6.07) is 0.448. The van der Waals surface area contributed by atoms with Gasteiger partial charge in [0.15, 0.2) is 0 Å². The number of hydrogen-bond donors (Lipinski definition) is 2. The molecule has 3 atom stereocenters. The highest BCUT2D eigenvalue weighted by Crippen LogP contribution is 2.16. The number of likely N-dealkylation sites (tertiary alicyclic amines) is 1. The Balaban J connectivity index is 2.21. The molecule has 1 rings (SSSR count). The van der Waals surface area contributed by atoms with Crippen LogP contribution in [-0.4, -0.2) is 40.6 Å². The highest BCUT2D eigenvalue weighted by molar-refractivity contribution is 5.75. The molecule has 0 aromatic carbocycles. The van der Waals surface area contributed by atoms with E-state index in [2.05, 4.69) is 12.2 Å². The molecule has 3 unspecified atom stereocenters. The summed E-state index contributed by atoms with van der Waals surface area (Å²) in [6.45, 7) is 6.61. The van der Waals surface area contributed by atoms with Gasteiger partial charge in [0.1, 0.15) is 0 Å². The molecule has 1 aliphatic heterocycles. The number of aliphatic carboxylic acids is 1. The fourth-order valence-corrected chi connectivity index (χ4v) is 2.45. The predicted octanol–water partition coefficient (Wildman–Crippen LogP) is 2.46. The minimum atomic E-state index is -0.748. The lowest BCUT2D eigenvalue weighted by Crippen LogP contribution is -2.45. The Morgan fingerprint density at radius 3 is 2.58 bits per heavy atom. The first kappa shape index (κ1) is 15.8. The van der Waals surface area contributed by atoms with Crippen molar-refractivity contribution in [2.75, 3.05) is 6.54 Å². The lowest BCUT2D eigenvalue weighted by molar-refractivity contribution is -0.141. The van der Waals surface area contributed by atoms with E-state index in [0.29, 0.717) is 12.5 Å². The Labute approximate surface area is 115 Å². The molecule has 0 bridgehead atoms. The van der Waals surface area contributed by atoms with E-state index in [1.165, 1.54) is 0 Å². The third kappa shape index (κ3) is 5.09. The maximum Gasteiger partial charge on any atom is 0.317 e. The SMILES string of the molecule is CC(CCCC(C)C(=O)O)NC(=O)N1CCCC1C. The van der Waals surface area contributed by atoms with Gasteiger partial charge >= 0.3 is 12.0 Å². The smallest absolute Gasteiger partial charge is 0.317 e. The van der Waals surface area contributed by atoms with Crippen LogP contribution in [-0.2, 0) is 4.79 Å². The first-order valence-corrected chi connectivity index (χ1v) is 7.21. The molecule has 0 aromatic rings. The fourth-order valence-electron chi connectivity index (χ4n) is 2.45. The number of carboxylic acids is 1. The lowest BCUT2D eigenvalue weighted by Gasteiger charge is -2.24. The fraction of sp³-hybridized carbons (Fsp3) is 0.857. The zero-order valence-electron chi connectivity index (χ0n) is 12.2. The summed E-state index contributed by atoms with van der Waals surface area (Å²) in [4.78, 5) is 24.6. The molecule has 110 valence electrons. The van der Waals surface area contributed by atoms with Crippen LogP contribution >= 0.6 is 0 Å². The van der Waals surface area contributed by atoms with Gasteiger partial charge in [-0.25, -0.2) is 4.79 Å². The summed E-state index contributed by atoms with van der Waals surface area (Å²) in [7, 11) is 0. The van der Waals surface area contributed by atoms with Gasteiger partial charge in [-0.15, -0.1) is 0 Å². The topological polar surface area (TPSA) is 69.6 Å². The molecule has 19 heavy (non-hydrogen) atoms. The average molecular weight is 270 g/mol. The summed E-state index contributed by atoms with van der Waals surface area (Å²) >= 11 is 0. The third-order valence-electron chi connectivity index (χ3n) is 3.88. The first-order valence-electron chi connectivity index (χ1n) is 7.21. The van der Waals surface area contributed by atoms with Crippen molar-refractivity contribution in [3.05, 3.63) is 0 Å². The van der Waals surface area contributed by atoms with E-state index in [1.807, 2.05) is 11.8 Å². The molecule has 0 aromatic heterocycles. The minimum Gasteiger partial charge on any atom is -0.481 e. The summed E-state index contributed by atoms with van der Waals surface area (Å²) in [5.74, 6) is -1.05. The molecule has 1 aliphatic rings. The molecule has 0 aliphatic carbocycles. The van der Waals surface area contributed by atoms with Crippen LogP contribution in [0.1, 0.15) is 52.9 Å². The van der Waals surface area contributed by atoms with Crippen LogP contribution in [0.3, 0.4) is 0 Å². The molecular formula is C14H26N2O3. The molecule has 0 saturated carbocycles. The molecule has 5 nitrogen and oxygen atoms in total. The Morgan fingerprint density at radius 2 is 2.05 bits per heavy atom. The Morgan fingerprint density at radius 1 is 1.37 bits per heavy atom. The number of nitrogens with one attached hydrogen (secondary N) is 1. The Hall–Kier alpha value is -1.26. The molecule has 2 N–H and O–H groups in total. The molecule has 0 spiro atoms. The highest BCUT2D eigenvalue weighted by Gasteiger charge is 2.25. The van der Waals surface area contributed by atoms with Gasteiger partial charge < -0.3 is 15.3 Å². The van der Waals surface area contributed by atoms with Gasteiger partial charge in [0.25, 0.3) is 0 Å². The van der Waals surface area contributed by atoms with E-state index in [9.17, 15) is 9.59 Å². The van der Waals surface area contributed by atoms with Crippen LogP contribution in [0.15, 0.2) is 0 Å². The molecule has 2 amide bonds. The standard InChI is InChI=1S/C14H26N2O3/c1-10(13(17)18)6-4-7-11(2)15-14(19)16-9-5-8-12(16)3/h10-12H,4-9H2,1-3H3,(H,15,19)(H,17,18). The van der Waals surface area contributed by atoms with Crippen molar-refractivity contribution in [2.24, 2.45) is 5.92 Å². The van der Waals surface area contributed by atoms with Crippen LogP contribution < -0.4 is 5.32 Å². The zero-order valence-corrected chi connectivity index (χ0v) is 12.2. The van der Waals surface area contributed by atoms with Crippen LogP contribution in [0, 0.1) is 5.92 Å². The number of carbonyl (C=O) groups is 2. The Bertz CT molecular complexity index is 320. The van der Waals surface area contributed by atoms with E-state index in [1.54, 1.807) is 6.92 Å². The number of amides is 2. The maximum atomic E-state index is 12.0. The van der Waals surface area contributed by atoms with E-state index in [-0.39, 0.29) is 18.0 Å². The highest BCUT2D eigenvalue weighted by atomic mass is 16.4. The molecule has 5 heteroatoms. The van der Waals surface area contributed by atoms with Gasteiger partial charge in [0.05, 0.1) is 5.92 Å². The average Bonchev–Trinajstić information content (AvgIpc) is 2.75. The lowest BCUT2D eigenvalue weighted by atomic mass is 10.0. The second-order valence-electron chi connectivity index (χ2n) is 5.71. The van der Waals surface area contributed by atoms with Crippen LogP contribution in [0.2, 0.25) is 0 Å². The Kier molecular flexibility index (Phi) is 6.12. The zero-order chi connectivity index (χ0) is 14.4. The van der Waals surface area contributed by atoms with Crippen LogP contribution in [0.5, 0.6) is 0 Å². The molecule has 1 heterocycles.